The van der Waals surface area contributed by atoms with E-state index >= 15 is 0 Å². The second-order valence-corrected chi connectivity index (χ2v) is 5.43. The number of rotatable bonds is 5. The van der Waals surface area contributed by atoms with Crippen LogP contribution in [0.15, 0.2) is 66.0 Å². The Labute approximate surface area is 134 Å². The van der Waals surface area contributed by atoms with E-state index in [2.05, 4.69) is 15.5 Å². The van der Waals surface area contributed by atoms with Crippen LogP contribution >= 0.6 is 0 Å². The number of benzene rings is 2. The minimum atomic E-state index is -0.208. The number of aromatic nitrogens is 2. The molecule has 1 N–H and O–H groups in total. The van der Waals surface area contributed by atoms with Crippen molar-refractivity contribution in [2.45, 2.75) is 13.5 Å². The van der Waals surface area contributed by atoms with Gasteiger partial charge in [-0.15, -0.1) is 0 Å². The van der Waals surface area contributed by atoms with Gasteiger partial charge < -0.3 is 4.57 Å². The van der Waals surface area contributed by atoms with E-state index < -0.39 is 0 Å². The molecule has 0 saturated carbocycles. The number of fused-ring (bicyclic) bond motifs is 1. The molecule has 5 heteroatoms. The van der Waals surface area contributed by atoms with E-state index in [-0.39, 0.29) is 11.8 Å². The van der Waals surface area contributed by atoms with Crippen molar-refractivity contribution in [2.24, 2.45) is 11.0 Å². The van der Waals surface area contributed by atoms with Gasteiger partial charge in [0.05, 0.1) is 29.5 Å². The van der Waals surface area contributed by atoms with Gasteiger partial charge in [0, 0.05) is 6.54 Å². The van der Waals surface area contributed by atoms with E-state index in [4.69, 9.17) is 0 Å². The number of hydrogen-bond acceptors (Lipinski definition) is 3. The van der Waals surface area contributed by atoms with Gasteiger partial charge in [0.25, 0.3) is 0 Å². The molecule has 3 rings (SSSR count). The van der Waals surface area contributed by atoms with Crippen molar-refractivity contribution in [3.8, 4) is 0 Å². The number of para-hydroxylation sites is 2. The van der Waals surface area contributed by atoms with Gasteiger partial charge in [0.15, 0.2) is 0 Å². The molecule has 0 aliphatic heterocycles. The van der Waals surface area contributed by atoms with Gasteiger partial charge in [-0.2, -0.15) is 5.10 Å². The lowest BCUT2D eigenvalue weighted by atomic mass is 10.1. The third-order valence-corrected chi connectivity index (χ3v) is 3.63. The first kappa shape index (κ1) is 15.0. The molecule has 0 radical (unpaired) electrons. The number of imidazole rings is 1. The fourth-order valence-corrected chi connectivity index (χ4v) is 2.35. The van der Waals surface area contributed by atoms with Crippen molar-refractivity contribution >= 4 is 23.2 Å². The van der Waals surface area contributed by atoms with Gasteiger partial charge in [-0.25, -0.2) is 10.4 Å². The summed E-state index contributed by atoms with van der Waals surface area (Å²) in [6, 6.07) is 17.5. The molecule has 1 atom stereocenters. The average molecular weight is 306 g/mol. The largest absolute Gasteiger partial charge is 0.330 e. The Morgan fingerprint density at radius 1 is 1.22 bits per heavy atom. The summed E-state index contributed by atoms with van der Waals surface area (Å²) in [6.07, 6.45) is 3.40. The molecule has 5 nitrogen and oxygen atoms in total. The monoisotopic (exact) mass is 306 g/mol. The highest BCUT2D eigenvalue weighted by Crippen LogP contribution is 2.13. The fourth-order valence-electron chi connectivity index (χ4n) is 2.35. The first-order valence-corrected chi connectivity index (χ1v) is 7.52. The Hall–Kier alpha value is -2.95. The molecule has 0 saturated heterocycles. The molecule has 0 aliphatic rings. The van der Waals surface area contributed by atoms with Crippen LogP contribution in [0, 0.1) is 5.92 Å². The Morgan fingerprint density at radius 2 is 1.96 bits per heavy atom. The fraction of sp³-hybridized carbons (Fsp3) is 0.167. The van der Waals surface area contributed by atoms with Gasteiger partial charge in [0.1, 0.15) is 0 Å². The highest BCUT2D eigenvalue weighted by atomic mass is 16.2. The zero-order valence-electron chi connectivity index (χ0n) is 12.9. The van der Waals surface area contributed by atoms with Gasteiger partial charge in [-0.3, -0.25) is 4.79 Å². The van der Waals surface area contributed by atoms with Crippen molar-refractivity contribution in [2.75, 3.05) is 0 Å². The first-order valence-electron chi connectivity index (χ1n) is 7.52. The lowest BCUT2D eigenvalue weighted by molar-refractivity contribution is -0.124. The number of amides is 1. The molecule has 2 aromatic carbocycles. The molecule has 3 aromatic rings. The summed E-state index contributed by atoms with van der Waals surface area (Å²) in [7, 11) is 0. The average Bonchev–Trinajstić information content (AvgIpc) is 2.99. The summed E-state index contributed by atoms with van der Waals surface area (Å²) in [5, 5.41) is 4.00. The number of nitrogens with zero attached hydrogens (tertiary/aromatic N) is 3. The molecular formula is C18H18N4O. The van der Waals surface area contributed by atoms with Crippen molar-refractivity contribution in [3.05, 3.63) is 66.5 Å². The summed E-state index contributed by atoms with van der Waals surface area (Å²) < 4.78 is 1.99. The Morgan fingerprint density at radius 3 is 2.78 bits per heavy atom. The first-order chi connectivity index (χ1) is 11.2. The predicted molar refractivity (Wildman–Crippen MR) is 91.1 cm³/mol. The van der Waals surface area contributed by atoms with E-state index in [9.17, 15) is 4.79 Å². The van der Waals surface area contributed by atoms with E-state index in [1.54, 1.807) is 12.5 Å². The Kier molecular flexibility index (Phi) is 4.47. The minimum absolute atomic E-state index is 0.116. The normalized spacial score (nSPS) is 12.6. The lowest BCUT2D eigenvalue weighted by Gasteiger charge is -2.11. The third-order valence-electron chi connectivity index (χ3n) is 3.63. The maximum atomic E-state index is 12.1. The van der Waals surface area contributed by atoms with Crippen LogP contribution in [0.2, 0.25) is 0 Å². The number of carbonyl (C=O) groups is 1. The number of nitrogens with one attached hydrogen (secondary N) is 1. The van der Waals surface area contributed by atoms with Crippen LogP contribution < -0.4 is 5.43 Å². The van der Waals surface area contributed by atoms with Crippen LogP contribution in [0.5, 0.6) is 0 Å². The van der Waals surface area contributed by atoms with Crippen LogP contribution in [-0.2, 0) is 11.3 Å². The molecule has 1 aromatic heterocycles. The highest BCUT2D eigenvalue weighted by Gasteiger charge is 2.14. The predicted octanol–water partition coefficient (Wildman–Crippen LogP) is 2.82. The van der Waals surface area contributed by atoms with Gasteiger partial charge in [-0.1, -0.05) is 49.4 Å². The van der Waals surface area contributed by atoms with Gasteiger partial charge in [-0.05, 0) is 17.7 Å². The van der Waals surface area contributed by atoms with Crippen LogP contribution in [0.3, 0.4) is 0 Å². The molecule has 0 aliphatic carbocycles. The van der Waals surface area contributed by atoms with Crippen LogP contribution in [-0.4, -0.2) is 21.7 Å². The second-order valence-electron chi connectivity index (χ2n) is 5.43. The summed E-state index contributed by atoms with van der Waals surface area (Å²) in [6.45, 7) is 2.44. The summed E-state index contributed by atoms with van der Waals surface area (Å²) in [5.74, 6) is -0.324. The molecule has 1 heterocycles. The smallest absolute Gasteiger partial charge is 0.244 e. The summed E-state index contributed by atoms with van der Waals surface area (Å²) >= 11 is 0. The molecular weight excluding hydrogens is 288 g/mol. The van der Waals surface area contributed by atoms with Gasteiger partial charge >= 0.3 is 0 Å². The number of carbonyl (C=O) groups excluding carboxylic acids is 1. The standard InChI is InChI=1S/C18H18N4O/c1-14(12-22-13-19-16-9-5-6-10-17(16)22)18(23)21-20-11-15-7-3-2-4-8-15/h2-11,13-14H,12H2,1H3,(H,21,23)/b20-11-/t14-/m0/s1. The van der Waals surface area contributed by atoms with E-state index in [1.807, 2.05) is 66.1 Å². The summed E-state index contributed by atoms with van der Waals surface area (Å²) in [5.41, 5.74) is 5.49. The number of hydrogen-bond donors (Lipinski definition) is 1. The molecule has 0 fully saturated rings. The minimum Gasteiger partial charge on any atom is -0.330 e. The SMILES string of the molecule is C[C@@H](Cn1cnc2ccccc21)C(=O)N/N=C\c1ccccc1. The molecule has 1 amide bonds. The van der Waals surface area contributed by atoms with Crippen molar-refractivity contribution < 1.29 is 4.79 Å². The van der Waals surface area contributed by atoms with Crippen molar-refractivity contribution in [1.29, 1.82) is 0 Å². The third kappa shape index (κ3) is 3.63. The Bertz CT molecular complexity index is 823. The van der Waals surface area contributed by atoms with Crippen molar-refractivity contribution in [1.82, 2.24) is 15.0 Å². The maximum absolute atomic E-state index is 12.1. The van der Waals surface area contributed by atoms with E-state index in [0.29, 0.717) is 6.54 Å². The topological polar surface area (TPSA) is 59.3 Å². The maximum Gasteiger partial charge on any atom is 0.244 e. The molecule has 23 heavy (non-hydrogen) atoms. The van der Waals surface area contributed by atoms with E-state index in [1.165, 1.54) is 0 Å². The molecule has 0 spiro atoms. The zero-order valence-corrected chi connectivity index (χ0v) is 12.9. The molecule has 0 unspecified atom stereocenters. The zero-order chi connectivity index (χ0) is 16.1. The van der Waals surface area contributed by atoms with E-state index in [0.717, 1.165) is 16.6 Å². The van der Waals surface area contributed by atoms with Crippen LogP contribution in [0.1, 0.15) is 12.5 Å². The second kappa shape index (κ2) is 6.87. The Balaban J connectivity index is 1.60. The lowest BCUT2D eigenvalue weighted by Crippen LogP contribution is -2.27. The molecule has 116 valence electrons. The summed E-state index contributed by atoms with van der Waals surface area (Å²) in [4.78, 5) is 16.5. The number of hydrazone groups is 1. The van der Waals surface area contributed by atoms with Crippen LogP contribution in [0.25, 0.3) is 11.0 Å². The van der Waals surface area contributed by atoms with Gasteiger partial charge in [0.2, 0.25) is 5.91 Å². The van der Waals surface area contributed by atoms with Crippen molar-refractivity contribution in [3.63, 3.8) is 0 Å². The molecule has 0 bridgehead atoms. The van der Waals surface area contributed by atoms with Crippen LogP contribution in [0.4, 0.5) is 0 Å². The highest BCUT2D eigenvalue weighted by molar-refractivity contribution is 5.83. The quantitative estimate of drug-likeness (QED) is 0.582.